The van der Waals surface area contributed by atoms with Gasteiger partial charge in [0.25, 0.3) is 0 Å². The highest BCUT2D eigenvalue weighted by Crippen LogP contribution is 2.12. The van der Waals surface area contributed by atoms with Crippen LogP contribution in [-0.2, 0) is 14.3 Å². The second kappa shape index (κ2) is 6.23. The van der Waals surface area contributed by atoms with E-state index in [1.165, 1.54) is 27.8 Å². The van der Waals surface area contributed by atoms with Crippen LogP contribution in [0.15, 0.2) is 0 Å². The van der Waals surface area contributed by atoms with E-state index in [-0.39, 0.29) is 6.61 Å². The molecule has 0 saturated heterocycles. The Morgan fingerprint density at radius 1 is 1.39 bits per heavy atom. The smallest absolute Gasteiger partial charge is 0.329 e. The molecule has 1 unspecified atom stereocenters. The van der Waals surface area contributed by atoms with E-state index in [2.05, 4.69) is 5.32 Å². The topological polar surface area (TPSA) is 95.9 Å². The Labute approximate surface area is 106 Å². The van der Waals surface area contributed by atoms with Crippen LogP contribution in [0.3, 0.4) is 0 Å². The predicted octanol–water partition coefficient (Wildman–Crippen LogP) is 0.443. The lowest BCUT2D eigenvalue weighted by Crippen LogP contribution is -2.56. The summed E-state index contributed by atoms with van der Waals surface area (Å²) in [7, 11) is 1.35. The molecule has 0 aliphatic carbocycles. The third kappa shape index (κ3) is 3.90. The number of carboxylic acid groups (broad SMARTS) is 1. The number of urea groups is 1. The summed E-state index contributed by atoms with van der Waals surface area (Å²) in [6.07, 6.45) is 0. The number of carbonyl (C=O) groups is 3. The number of aliphatic carboxylic acids is 1. The lowest BCUT2D eigenvalue weighted by Gasteiger charge is -2.32. The fourth-order valence-corrected chi connectivity index (χ4v) is 1.01. The third-order valence-electron chi connectivity index (χ3n) is 2.65. The first kappa shape index (κ1) is 16.2. The van der Waals surface area contributed by atoms with Crippen molar-refractivity contribution in [1.29, 1.82) is 0 Å². The predicted molar refractivity (Wildman–Crippen MR) is 64.1 cm³/mol. The van der Waals surface area contributed by atoms with Crippen molar-refractivity contribution in [3.63, 3.8) is 0 Å². The Bertz CT molecular complexity index is 340. The molecular formula is C11H20N2O5. The largest absolute Gasteiger partial charge is 0.480 e. The highest BCUT2D eigenvalue weighted by atomic mass is 16.5. The molecule has 0 aromatic heterocycles. The second-order valence-corrected chi connectivity index (χ2v) is 4.35. The molecule has 18 heavy (non-hydrogen) atoms. The molecule has 7 nitrogen and oxygen atoms in total. The van der Waals surface area contributed by atoms with Gasteiger partial charge in [0, 0.05) is 7.05 Å². The molecule has 0 heterocycles. The minimum absolute atomic E-state index is 0.218. The average Bonchev–Trinajstić information content (AvgIpc) is 2.27. The number of carboxylic acids is 1. The molecule has 2 N–H and O–H groups in total. The maximum absolute atomic E-state index is 11.8. The van der Waals surface area contributed by atoms with Crippen LogP contribution in [0.5, 0.6) is 0 Å². The molecule has 0 bridgehead atoms. The van der Waals surface area contributed by atoms with E-state index < -0.39 is 29.6 Å². The van der Waals surface area contributed by atoms with Gasteiger partial charge in [-0.2, -0.15) is 0 Å². The summed E-state index contributed by atoms with van der Waals surface area (Å²) in [4.78, 5) is 35.1. The number of likely N-dealkylation sites (N-methyl/N-ethyl adjacent to an activating group) is 1. The van der Waals surface area contributed by atoms with E-state index in [0.717, 1.165) is 4.90 Å². The lowest BCUT2D eigenvalue weighted by atomic mass is 10.0. The highest BCUT2D eigenvalue weighted by molar-refractivity contribution is 5.88. The monoisotopic (exact) mass is 260 g/mol. The van der Waals surface area contributed by atoms with Gasteiger partial charge < -0.3 is 20.1 Å². The van der Waals surface area contributed by atoms with Crippen molar-refractivity contribution >= 4 is 18.0 Å². The van der Waals surface area contributed by atoms with Gasteiger partial charge in [-0.3, -0.25) is 0 Å². The van der Waals surface area contributed by atoms with Gasteiger partial charge in [-0.15, -0.1) is 0 Å². The zero-order valence-corrected chi connectivity index (χ0v) is 11.3. The Hall–Kier alpha value is -1.79. The van der Waals surface area contributed by atoms with Crippen LogP contribution >= 0.6 is 0 Å². The maximum Gasteiger partial charge on any atom is 0.329 e. The minimum Gasteiger partial charge on any atom is -0.480 e. The molecule has 1 atom stereocenters. The van der Waals surface area contributed by atoms with Crippen molar-refractivity contribution < 1.29 is 24.2 Å². The van der Waals surface area contributed by atoms with Crippen LogP contribution in [0.25, 0.3) is 0 Å². The molecule has 0 aliphatic heterocycles. The molecule has 0 spiro atoms. The summed E-state index contributed by atoms with van der Waals surface area (Å²) in [6.45, 7) is 6.13. The van der Waals surface area contributed by atoms with E-state index in [9.17, 15) is 14.4 Å². The zero-order valence-electron chi connectivity index (χ0n) is 11.3. The molecule has 0 aromatic carbocycles. The molecular weight excluding hydrogens is 240 g/mol. The first-order chi connectivity index (χ1) is 8.14. The average molecular weight is 260 g/mol. The van der Waals surface area contributed by atoms with Gasteiger partial charge in [-0.25, -0.2) is 14.4 Å². The molecule has 2 amide bonds. The molecule has 0 radical (unpaired) electrons. The van der Waals surface area contributed by atoms with Crippen molar-refractivity contribution in [3.8, 4) is 0 Å². The number of hydrogen-bond donors (Lipinski definition) is 2. The van der Waals surface area contributed by atoms with Gasteiger partial charge in [0.05, 0.1) is 6.61 Å². The van der Waals surface area contributed by atoms with Crippen molar-refractivity contribution in [3.05, 3.63) is 0 Å². The summed E-state index contributed by atoms with van der Waals surface area (Å²) >= 11 is 0. The van der Waals surface area contributed by atoms with Crippen LogP contribution in [0.4, 0.5) is 4.79 Å². The molecule has 0 fully saturated rings. The normalized spacial score (nSPS) is 12.5. The summed E-state index contributed by atoms with van der Waals surface area (Å²) in [5.74, 6) is -1.70. The lowest BCUT2D eigenvalue weighted by molar-refractivity contribution is -0.146. The van der Waals surface area contributed by atoms with Crippen LogP contribution in [0.1, 0.15) is 27.7 Å². The number of ether oxygens (including phenoxy) is 1. The first-order valence-corrected chi connectivity index (χ1v) is 5.59. The Morgan fingerprint density at radius 3 is 2.28 bits per heavy atom. The van der Waals surface area contributed by atoms with Crippen molar-refractivity contribution in [2.45, 2.75) is 39.3 Å². The standard InChI is InChI=1S/C11H20N2O5/c1-6-18-8(14)7(2)12-10(17)13(5)11(3,4)9(15)16/h7H,6H2,1-5H3,(H,12,17)(H,15,16). The van der Waals surface area contributed by atoms with E-state index in [4.69, 9.17) is 9.84 Å². The van der Waals surface area contributed by atoms with Crippen molar-refractivity contribution in [2.75, 3.05) is 13.7 Å². The quantitative estimate of drug-likeness (QED) is 0.699. The van der Waals surface area contributed by atoms with Gasteiger partial charge in [-0.1, -0.05) is 0 Å². The third-order valence-corrected chi connectivity index (χ3v) is 2.65. The number of nitrogens with one attached hydrogen (secondary N) is 1. The van der Waals surface area contributed by atoms with Crippen molar-refractivity contribution in [1.82, 2.24) is 10.2 Å². The van der Waals surface area contributed by atoms with Gasteiger partial charge in [-0.05, 0) is 27.7 Å². The molecule has 7 heteroatoms. The number of hydrogen-bond acceptors (Lipinski definition) is 4. The highest BCUT2D eigenvalue weighted by Gasteiger charge is 2.36. The number of esters is 1. The number of nitrogens with zero attached hydrogens (tertiary/aromatic N) is 1. The fourth-order valence-electron chi connectivity index (χ4n) is 1.01. The Balaban J connectivity index is 4.59. The number of rotatable bonds is 5. The molecule has 0 saturated carbocycles. The Kier molecular flexibility index (Phi) is 5.61. The summed E-state index contributed by atoms with van der Waals surface area (Å²) in [6, 6.07) is -1.48. The van der Waals surface area contributed by atoms with Gasteiger partial charge in [0.15, 0.2) is 0 Å². The first-order valence-electron chi connectivity index (χ1n) is 5.59. The minimum atomic E-state index is -1.36. The zero-order chi connectivity index (χ0) is 14.5. The number of carbonyl (C=O) groups excluding carboxylic acids is 2. The second-order valence-electron chi connectivity index (χ2n) is 4.35. The van der Waals surface area contributed by atoms with Crippen LogP contribution in [0, 0.1) is 0 Å². The van der Waals surface area contributed by atoms with E-state index >= 15 is 0 Å². The van der Waals surface area contributed by atoms with E-state index in [0.29, 0.717) is 0 Å². The summed E-state index contributed by atoms with van der Waals surface area (Å²) in [5, 5.41) is 11.3. The van der Waals surface area contributed by atoms with Crippen molar-refractivity contribution in [2.24, 2.45) is 0 Å². The van der Waals surface area contributed by atoms with E-state index in [1.807, 2.05) is 0 Å². The van der Waals surface area contributed by atoms with Crippen LogP contribution in [0.2, 0.25) is 0 Å². The van der Waals surface area contributed by atoms with E-state index in [1.54, 1.807) is 6.92 Å². The molecule has 0 aromatic rings. The van der Waals surface area contributed by atoms with Gasteiger partial charge in [0.2, 0.25) is 0 Å². The van der Waals surface area contributed by atoms with Crippen LogP contribution in [-0.4, -0.2) is 53.2 Å². The molecule has 0 aliphatic rings. The Morgan fingerprint density at radius 2 is 1.89 bits per heavy atom. The number of amides is 2. The SMILES string of the molecule is CCOC(=O)C(C)NC(=O)N(C)C(C)(C)C(=O)O. The van der Waals surface area contributed by atoms with Gasteiger partial charge in [0.1, 0.15) is 11.6 Å². The van der Waals surface area contributed by atoms with Gasteiger partial charge >= 0.3 is 18.0 Å². The fraction of sp³-hybridized carbons (Fsp3) is 0.727. The summed E-state index contributed by atoms with van der Waals surface area (Å²) < 4.78 is 4.73. The molecule has 0 rings (SSSR count). The summed E-state index contributed by atoms with van der Waals surface area (Å²) in [5.41, 5.74) is -1.36. The molecule has 104 valence electrons. The van der Waals surface area contributed by atoms with Crippen LogP contribution < -0.4 is 5.32 Å². The maximum atomic E-state index is 11.8.